The summed E-state index contributed by atoms with van der Waals surface area (Å²) in [5, 5.41) is 3.39. The number of fused-ring (bicyclic) bond motifs is 1. The second-order valence-corrected chi connectivity index (χ2v) is 5.35. The zero-order valence-electron chi connectivity index (χ0n) is 12.9. The largest absolute Gasteiger partial charge is 0.368 e. The van der Waals surface area contributed by atoms with Gasteiger partial charge in [-0.15, -0.1) is 0 Å². The van der Waals surface area contributed by atoms with Gasteiger partial charge in [-0.2, -0.15) is 0 Å². The Balaban J connectivity index is 1.62. The van der Waals surface area contributed by atoms with Gasteiger partial charge in [0.15, 0.2) is 11.5 Å². The molecule has 0 radical (unpaired) electrons. The Morgan fingerprint density at radius 3 is 2.77 bits per heavy atom. The molecule has 2 heterocycles. The maximum Gasteiger partial charge on any atom is 0.165 e. The molecule has 5 heteroatoms. The molecule has 0 amide bonds. The van der Waals surface area contributed by atoms with Crippen molar-refractivity contribution in [3.05, 3.63) is 48.5 Å². The molecule has 114 valence electrons. The summed E-state index contributed by atoms with van der Waals surface area (Å²) < 4.78 is 2.08. The van der Waals surface area contributed by atoms with Crippen molar-refractivity contribution in [3.63, 3.8) is 0 Å². The number of aromatic nitrogens is 4. The summed E-state index contributed by atoms with van der Waals surface area (Å²) in [6.45, 7) is 3.96. The highest BCUT2D eigenvalue weighted by molar-refractivity contribution is 5.82. The van der Waals surface area contributed by atoms with Gasteiger partial charge in [0.1, 0.15) is 11.8 Å². The van der Waals surface area contributed by atoms with E-state index < -0.39 is 0 Å². The van der Waals surface area contributed by atoms with Crippen LogP contribution in [0.25, 0.3) is 11.2 Å². The number of anilines is 1. The van der Waals surface area contributed by atoms with Crippen molar-refractivity contribution in [2.75, 3.05) is 11.9 Å². The number of nitrogens with zero attached hydrogens (tertiary/aromatic N) is 4. The molecule has 3 aromatic rings. The Bertz CT molecular complexity index is 720. The van der Waals surface area contributed by atoms with E-state index in [1.54, 1.807) is 6.33 Å². The zero-order valence-corrected chi connectivity index (χ0v) is 12.9. The molecule has 2 aromatic heterocycles. The van der Waals surface area contributed by atoms with Gasteiger partial charge in [0.05, 0.1) is 6.33 Å². The molecular formula is C17H21N5. The average molecular weight is 295 g/mol. The number of hydrogen-bond acceptors (Lipinski definition) is 4. The lowest BCUT2D eigenvalue weighted by atomic mass is 10.1. The maximum atomic E-state index is 4.45. The quantitative estimate of drug-likeness (QED) is 0.680. The van der Waals surface area contributed by atoms with Crippen molar-refractivity contribution < 1.29 is 0 Å². The van der Waals surface area contributed by atoms with E-state index in [0.717, 1.165) is 49.3 Å². The highest BCUT2D eigenvalue weighted by atomic mass is 15.1. The molecule has 0 saturated heterocycles. The fourth-order valence-electron chi connectivity index (χ4n) is 2.56. The summed E-state index contributed by atoms with van der Waals surface area (Å²) in [7, 11) is 0. The summed E-state index contributed by atoms with van der Waals surface area (Å²) in [5.41, 5.74) is 3.13. The monoisotopic (exact) mass is 295 g/mol. The minimum atomic E-state index is 0.827. The van der Waals surface area contributed by atoms with Gasteiger partial charge in [0, 0.05) is 13.1 Å². The predicted octanol–water partition coefficient (Wildman–Crippen LogP) is 3.28. The van der Waals surface area contributed by atoms with Gasteiger partial charge in [0.2, 0.25) is 0 Å². The van der Waals surface area contributed by atoms with E-state index in [1.165, 1.54) is 5.56 Å². The first-order valence-electron chi connectivity index (χ1n) is 7.82. The molecule has 0 spiro atoms. The molecule has 5 nitrogen and oxygen atoms in total. The summed E-state index contributed by atoms with van der Waals surface area (Å²) >= 11 is 0. The Hall–Kier alpha value is -2.43. The lowest BCUT2D eigenvalue weighted by Gasteiger charge is -2.06. The topological polar surface area (TPSA) is 55.6 Å². The number of aryl methyl sites for hydroxylation is 2. The van der Waals surface area contributed by atoms with Crippen molar-refractivity contribution in [1.29, 1.82) is 0 Å². The van der Waals surface area contributed by atoms with E-state index >= 15 is 0 Å². The lowest BCUT2D eigenvalue weighted by molar-refractivity contribution is 0.691. The van der Waals surface area contributed by atoms with E-state index in [0.29, 0.717) is 0 Å². The van der Waals surface area contributed by atoms with Crippen LogP contribution >= 0.6 is 0 Å². The highest BCUT2D eigenvalue weighted by Crippen LogP contribution is 2.17. The third-order valence-corrected chi connectivity index (χ3v) is 3.64. The standard InChI is InChI=1S/C17H21N5/c1-2-11-22-13-21-15-16(19-12-20-17(15)22)18-10-6-9-14-7-4-3-5-8-14/h3-5,7-8,12-13H,2,6,9-11H2,1H3,(H,18,19,20). The number of imidazole rings is 1. The van der Waals surface area contributed by atoms with Crippen LogP contribution in [0, 0.1) is 0 Å². The van der Waals surface area contributed by atoms with E-state index in [9.17, 15) is 0 Å². The van der Waals surface area contributed by atoms with Gasteiger partial charge in [0.25, 0.3) is 0 Å². The molecule has 1 aromatic carbocycles. The van der Waals surface area contributed by atoms with Gasteiger partial charge in [-0.25, -0.2) is 15.0 Å². The van der Waals surface area contributed by atoms with Crippen molar-refractivity contribution in [2.45, 2.75) is 32.7 Å². The van der Waals surface area contributed by atoms with Crippen molar-refractivity contribution >= 4 is 17.0 Å². The molecule has 0 unspecified atom stereocenters. The third-order valence-electron chi connectivity index (χ3n) is 3.64. The molecule has 1 N–H and O–H groups in total. The van der Waals surface area contributed by atoms with Crippen LogP contribution in [0.2, 0.25) is 0 Å². The maximum absolute atomic E-state index is 4.45. The SMILES string of the molecule is CCCn1cnc2c(NCCCc3ccccc3)ncnc21. The van der Waals surface area contributed by atoms with Crippen LogP contribution in [0.15, 0.2) is 43.0 Å². The number of nitrogens with one attached hydrogen (secondary N) is 1. The van der Waals surface area contributed by atoms with Gasteiger partial charge in [-0.1, -0.05) is 37.3 Å². The first-order chi connectivity index (χ1) is 10.9. The second-order valence-electron chi connectivity index (χ2n) is 5.35. The summed E-state index contributed by atoms with van der Waals surface area (Å²) in [4.78, 5) is 13.1. The van der Waals surface area contributed by atoms with Gasteiger partial charge >= 0.3 is 0 Å². The van der Waals surface area contributed by atoms with E-state index in [4.69, 9.17) is 0 Å². The van der Waals surface area contributed by atoms with Gasteiger partial charge < -0.3 is 9.88 Å². The number of rotatable bonds is 7. The Morgan fingerprint density at radius 1 is 1.09 bits per heavy atom. The fourth-order valence-corrected chi connectivity index (χ4v) is 2.56. The Morgan fingerprint density at radius 2 is 1.95 bits per heavy atom. The van der Waals surface area contributed by atoms with Crippen molar-refractivity contribution in [2.24, 2.45) is 0 Å². The first kappa shape index (κ1) is 14.5. The van der Waals surface area contributed by atoms with Crippen molar-refractivity contribution in [3.8, 4) is 0 Å². The minimum Gasteiger partial charge on any atom is -0.368 e. The molecule has 0 saturated carbocycles. The third kappa shape index (κ3) is 3.24. The average Bonchev–Trinajstić information content (AvgIpc) is 2.97. The number of benzene rings is 1. The minimum absolute atomic E-state index is 0.827. The van der Waals surface area contributed by atoms with E-state index in [-0.39, 0.29) is 0 Å². The van der Waals surface area contributed by atoms with Crippen LogP contribution in [-0.2, 0) is 13.0 Å². The molecule has 0 fully saturated rings. The smallest absolute Gasteiger partial charge is 0.165 e. The molecule has 22 heavy (non-hydrogen) atoms. The molecule has 0 bridgehead atoms. The number of hydrogen-bond donors (Lipinski definition) is 1. The summed E-state index contributed by atoms with van der Waals surface area (Å²) in [6, 6.07) is 10.5. The van der Waals surface area contributed by atoms with Crippen LogP contribution in [0.4, 0.5) is 5.82 Å². The second kappa shape index (κ2) is 7.02. The normalized spacial score (nSPS) is 11.0. The molecular weight excluding hydrogens is 274 g/mol. The van der Waals surface area contributed by atoms with Crippen molar-refractivity contribution in [1.82, 2.24) is 19.5 Å². The van der Waals surface area contributed by atoms with Crippen LogP contribution in [-0.4, -0.2) is 26.1 Å². The van der Waals surface area contributed by atoms with Crippen LogP contribution < -0.4 is 5.32 Å². The van der Waals surface area contributed by atoms with Gasteiger partial charge in [-0.05, 0) is 24.8 Å². The van der Waals surface area contributed by atoms with E-state index in [1.807, 2.05) is 12.4 Å². The molecule has 0 atom stereocenters. The fraction of sp³-hybridized carbons (Fsp3) is 0.353. The highest BCUT2D eigenvalue weighted by Gasteiger charge is 2.08. The molecule has 3 rings (SSSR count). The molecule has 0 aliphatic rings. The lowest BCUT2D eigenvalue weighted by Crippen LogP contribution is -2.06. The first-order valence-corrected chi connectivity index (χ1v) is 7.82. The zero-order chi connectivity index (χ0) is 15.2. The van der Waals surface area contributed by atoms with Crippen LogP contribution in [0.3, 0.4) is 0 Å². The van der Waals surface area contributed by atoms with E-state index in [2.05, 4.69) is 56.0 Å². The Kier molecular flexibility index (Phi) is 4.63. The van der Waals surface area contributed by atoms with Crippen LogP contribution in [0.1, 0.15) is 25.3 Å². The van der Waals surface area contributed by atoms with Crippen LogP contribution in [0.5, 0.6) is 0 Å². The summed E-state index contributed by atoms with van der Waals surface area (Å²) in [5.74, 6) is 0.827. The predicted molar refractivity (Wildman–Crippen MR) is 88.9 cm³/mol. The van der Waals surface area contributed by atoms with Gasteiger partial charge in [-0.3, -0.25) is 0 Å². The summed E-state index contributed by atoms with van der Waals surface area (Å²) in [6.07, 6.45) is 6.64. The Labute approximate surface area is 130 Å². The molecule has 0 aliphatic heterocycles. The molecule has 0 aliphatic carbocycles.